The van der Waals surface area contributed by atoms with Gasteiger partial charge in [-0.25, -0.2) is 0 Å². The van der Waals surface area contributed by atoms with Crippen molar-refractivity contribution in [2.75, 3.05) is 26.3 Å². The van der Waals surface area contributed by atoms with Gasteiger partial charge in [-0.15, -0.1) is 0 Å². The molecule has 0 radical (unpaired) electrons. The van der Waals surface area contributed by atoms with E-state index in [1.165, 1.54) is 0 Å². The van der Waals surface area contributed by atoms with E-state index in [1.807, 2.05) is 6.92 Å². The van der Waals surface area contributed by atoms with Gasteiger partial charge in [-0.3, -0.25) is 0 Å². The molecule has 2 heteroatoms. The van der Waals surface area contributed by atoms with Crippen LogP contribution in [0.3, 0.4) is 0 Å². The largest absolute Gasteiger partial charge is 0.381 e. The van der Waals surface area contributed by atoms with Gasteiger partial charge in [0.2, 0.25) is 0 Å². The van der Waals surface area contributed by atoms with Crippen LogP contribution in [0.1, 0.15) is 34.6 Å². The first kappa shape index (κ1) is 12.9. The van der Waals surface area contributed by atoms with Gasteiger partial charge in [-0.2, -0.15) is 0 Å². The van der Waals surface area contributed by atoms with Gasteiger partial charge in [0.25, 0.3) is 0 Å². The molecule has 0 bridgehead atoms. The number of rotatable bonds is 6. The van der Waals surface area contributed by atoms with Crippen LogP contribution < -0.4 is 5.32 Å². The predicted molar refractivity (Wildman–Crippen MR) is 58.0 cm³/mol. The van der Waals surface area contributed by atoms with Crippen molar-refractivity contribution in [1.82, 2.24) is 5.32 Å². The summed E-state index contributed by atoms with van der Waals surface area (Å²) in [5.41, 5.74) is 0.331. The molecular formula is C11H25NO. The van der Waals surface area contributed by atoms with Gasteiger partial charge >= 0.3 is 0 Å². The Morgan fingerprint density at radius 2 is 1.85 bits per heavy atom. The third kappa shape index (κ3) is 6.05. The van der Waals surface area contributed by atoms with Crippen LogP contribution in [-0.2, 0) is 4.74 Å². The zero-order valence-corrected chi connectivity index (χ0v) is 9.81. The van der Waals surface area contributed by atoms with Crippen molar-refractivity contribution in [3.63, 3.8) is 0 Å². The minimum absolute atomic E-state index is 0.331. The zero-order valence-electron chi connectivity index (χ0n) is 9.81. The second-order valence-electron chi connectivity index (χ2n) is 4.53. The molecule has 0 spiro atoms. The van der Waals surface area contributed by atoms with Crippen LogP contribution in [0.4, 0.5) is 0 Å². The summed E-state index contributed by atoms with van der Waals surface area (Å²) >= 11 is 0. The van der Waals surface area contributed by atoms with E-state index in [9.17, 15) is 0 Å². The van der Waals surface area contributed by atoms with Crippen LogP contribution in [-0.4, -0.2) is 26.3 Å². The number of hydrogen-bond acceptors (Lipinski definition) is 2. The number of nitrogens with one attached hydrogen (secondary N) is 1. The Bertz CT molecular complexity index is 110. The molecule has 0 aliphatic heterocycles. The molecule has 0 saturated heterocycles. The summed E-state index contributed by atoms with van der Waals surface area (Å²) in [5, 5.41) is 3.38. The van der Waals surface area contributed by atoms with Gasteiger partial charge < -0.3 is 10.1 Å². The Morgan fingerprint density at radius 1 is 1.23 bits per heavy atom. The van der Waals surface area contributed by atoms with Crippen LogP contribution in [0.5, 0.6) is 0 Å². The summed E-state index contributed by atoms with van der Waals surface area (Å²) in [6, 6.07) is 0. The molecule has 13 heavy (non-hydrogen) atoms. The molecule has 0 aromatic heterocycles. The standard InChI is InChI=1S/C11H25NO/c1-6-12-8-10(9-13-7-2)11(3,4)5/h10,12H,6-9H2,1-5H3. The summed E-state index contributed by atoms with van der Waals surface area (Å²) in [4.78, 5) is 0. The van der Waals surface area contributed by atoms with E-state index in [4.69, 9.17) is 4.74 Å². The third-order valence-electron chi connectivity index (χ3n) is 2.39. The lowest BCUT2D eigenvalue weighted by atomic mass is 9.81. The summed E-state index contributed by atoms with van der Waals surface area (Å²) in [6.07, 6.45) is 0. The Hall–Kier alpha value is -0.0800. The van der Waals surface area contributed by atoms with E-state index in [2.05, 4.69) is 33.0 Å². The Balaban J connectivity index is 3.88. The van der Waals surface area contributed by atoms with Crippen molar-refractivity contribution in [3.8, 4) is 0 Å². The molecule has 2 nitrogen and oxygen atoms in total. The second-order valence-corrected chi connectivity index (χ2v) is 4.53. The summed E-state index contributed by atoms with van der Waals surface area (Å²) in [5.74, 6) is 0.604. The Kier molecular flexibility index (Phi) is 6.35. The highest BCUT2D eigenvalue weighted by Crippen LogP contribution is 2.25. The summed E-state index contributed by atoms with van der Waals surface area (Å²) < 4.78 is 5.48. The highest BCUT2D eigenvalue weighted by atomic mass is 16.5. The minimum Gasteiger partial charge on any atom is -0.381 e. The molecule has 0 fully saturated rings. The summed E-state index contributed by atoms with van der Waals surface area (Å²) in [6.45, 7) is 14.8. The van der Waals surface area contributed by atoms with E-state index >= 15 is 0 Å². The van der Waals surface area contributed by atoms with Crippen molar-refractivity contribution in [2.24, 2.45) is 11.3 Å². The van der Waals surface area contributed by atoms with Crippen LogP contribution in [0.15, 0.2) is 0 Å². The zero-order chi connectivity index (χ0) is 10.3. The lowest BCUT2D eigenvalue weighted by molar-refractivity contribution is 0.0628. The molecule has 80 valence electrons. The molecule has 0 aromatic rings. The van der Waals surface area contributed by atoms with Gasteiger partial charge in [0, 0.05) is 13.2 Å². The van der Waals surface area contributed by atoms with Crippen molar-refractivity contribution in [2.45, 2.75) is 34.6 Å². The van der Waals surface area contributed by atoms with Gasteiger partial charge in [0.1, 0.15) is 0 Å². The van der Waals surface area contributed by atoms with Gasteiger partial charge in [0.05, 0.1) is 6.61 Å². The maximum atomic E-state index is 5.48. The van der Waals surface area contributed by atoms with Crippen LogP contribution in [0.2, 0.25) is 0 Å². The van der Waals surface area contributed by atoms with Crippen LogP contribution in [0.25, 0.3) is 0 Å². The van der Waals surface area contributed by atoms with Crippen molar-refractivity contribution in [3.05, 3.63) is 0 Å². The van der Waals surface area contributed by atoms with Crippen molar-refractivity contribution < 1.29 is 4.74 Å². The lowest BCUT2D eigenvalue weighted by Crippen LogP contribution is -2.35. The quantitative estimate of drug-likeness (QED) is 0.689. The van der Waals surface area contributed by atoms with E-state index in [0.29, 0.717) is 11.3 Å². The molecule has 0 heterocycles. The van der Waals surface area contributed by atoms with E-state index in [0.717, 1.165) is 26.3 Å². The van der Waals surface area contributed by atoms with Crippen LogP contribution >= 0.6 is 0 Å². The Morgan fingerprint density at radius 3 is 2.23 bits per heavy atom. The average Bonchev–Trinajstić information content (AvgIpc) is 2.02. The molecule has 0 saturated carbocycles. The molecule has 1 N–H and O–H groups in total. The molecule has 0 rings (SSSR count). The SMILES string of the molecule is CCNCC(COCC)C(C)(C)C. The maximum Gasteiger partial charge on any atom is 0.0511 e. The average molecular weight is 187 g/mol. The first-order valence-corrected chi connectivity index (χ1v) is 5.30. The van der Waals surface area contributed by atoms with E-state index in [1.54, 1.807) is 0 Å². The van der Waals surface area contributed by atoms with Gasteiger partial charge in [-0.1, -0.05) is 27.7 Å². The maximum absolute atomic E-state index is 5.48. The van der Waals surface area contributed by atoms with Crippen molar-refractivity contribution >= 4 is 0 Å². The first-order chi connectivity index (χ1) is 6.02. The van der Waals surface area contributed by atoms with E-state index in [-0.39, 0.29) is 0 Å². The fourth-order valence-corrected chi connectivity index (χ4v) is 1.19. The lowest BCUT2D eigenvalue weighted by Gasteiger charge is -2.30. The summed E-state index contributed by atoms with van der Waals surface area (Å²) in [7, 11) is 0. The molecule has 0 aromatic carbocycles. The van der Waals surface area contributed by atoms with E-state index < -0.39 is 0 Å². The highest BCUT2D eigenvalue weighted by Gasteiger charge is 2.23. The molecule has 0 aliphatic rings. The third-order valence-corrected chi connectivity index (χ3v) is 2.39. The smallest absolute Gasteiger partial charge is 0.0511 e. The monoisotopic (exact) mass is 187 g/mol. The normalized spacial score (nSPS) is 14.5. The fourth-order valence-electron chi connectivity index (χ4n) is 1.19. The second kappa shape index (κ2) is 6.39. The molecule has 1 atom stereocenters. The molecule has 0 amide bonds. The topological polar surface area (TPSA) is 21.3 Å². The molecule has 0 aliphatic carbocycles. The fraction of sp³-hybridized carbons (Fsp3) is 1.00. The molecular weight excluding hydrogens is 162 g/mol. The van der Waals surface area contributed by atoms with Crippen LogP contribution in [0, 0.1) is 11.3 Å². The first-order valence-electron chi connectivity index (χ1n) is 5.30. The minimum atomic E-state index is 0.331. The Labute approximate surface area is 83.1 Å². The molecule has 1 unspecified atom stereocenters. The van der Waals surface area contributed by atoms with Crippen molar-refractivity contribution in [1.29, 1.82) is 0 Å². The van der Waals surface area contributed by atoms with Gasteiger partial charge in [-0.05, 0) is 24.8 Å². The number of hydrogen-bond donors (Lipinski definition) is 1. The van der Waals surface area contributed by atoms with Gasteiger partial charge in [0.15, 0.2) is 0 Å². The predicted octanol–water partition coefficient (Wildman–Crippen LogP) is 2.29. The number of ether oxygens (including phenoxy) is 1. The highest BCUT2D eigenvalue weighted by molar-refractivity contribution is 4.75.